The molecular formula is C13H24ClN3O. The van der Waals surface area contributed by atoms with E-state index >= 15 is 0 Å². The molecule has 18 heavy (non-hydrogen) atoms. The van der Waals surface area contributed by atoms with Gasteiger partial charge in [-0.25, -0.2) is 0 Å². The zero-order chi connectivity index (χ0) is 13.4. The molecule has 0 aliphatic carbocycles. The van der Waals surface area contributed by atoms with Crippen LogP contribution in [0.25, 0.3) is 0 Å². The van der Waals surface area contributed by atoms with Gasteiger partial charge in [0.05, 0.1) is 16.4 Å². The largest absolute Gasteiger partial charge is 0.396 e. The van der Waals surface area contributed by atoms with Gasteiger partial charge in [0.15, 0.2) is 0 Å². The zero-order valence-electron chi connectivity index (χ0n) is 11.4. The third-order valence-electron chi connectivity index (χ3n) is 3.06. The summed E-state index contributed by atoms with van der Waals surface area (Å²) >= 11 is 6.26. The Morgan fingerprint density at radius 3 is 2.61 bits per heavy atom. The lowest BCUT2D eigenvalue weighted by Gasteiger charge is -2.05. The van der Waals surface area contributed by atoms with Gasteiger partial charge in [0.25, 0.3) is 0 Å². The van der Waals surface area contributed by atoms with Crippen molar-refractivity contribution in [2.24, 2.45) is 7.05 Å². The van der Waals surface area contributed by atoms with E-state index in [0.717, 1.165) is 61.6 Å². The van der Waals surface area contributed by atoms with Gasteiger partial charge in [-0.05, 0) is 25.8 Å². The number of aliphatic hydroxyl groups excluding tert-OH is 1. The molecule has 1 aromatic heterocycles. The Balaban J connectivity index is 2.25. The van der Waals surface area contributed by atoms with E-state index in [1.54, 1.807) is 0 Å². The average molecular weight is 274 g/mol. The molecule has 4 nitrogen and oxygen atoms in total. The van der Waals surface area contributed by atoms with Gasteiger partial charge in [-0.2, -0.15) is 5.10 Å². The predicted octanol–water partition coefficient (Wildman–Crippen LogP) is 2.28. The number of hydrogen-bond donors (Lipinski definition) is 2. The van der Waals surface area contributed by atoms with Crippen LogP contribution < -0.4 is 5.32 Å². The summed E-state index contributed by atoms with van der Waals surface area (Å²) in [6, 6.07) is 0. The van der Waals surface area contributed by atoms with E-state index in [4.69, 9.17) is 16.7 Å². The van der Waals surface area contributed by atoms with Gasteiger partial charge >= 0.3 is 0 Å². The number of aryl methyl sites for hydroxylation is 2. The number of aliphatic hydroxyl groups is 1. The first-order chi connectivity index (χ1) is 8.70. The monoisotopic (exact) mass is 273 g/mol. The summed E-state index contributed by atoms with van der Waals surface area (Å²) in [5.41, 5.74) is 2.03. The molecule has 1 heterocycles. The highest BCUT2D eigenvalue weighted by molar-refractivity contribution is 6.31. The van der Waals surface area contributed by atoms with Crippen molar-refractivity contribution in [2.45, 2.75) is 45.6 Å². The van der Waals surface area contributed by atoms with Crippen molar-refractivity contribution >= 4 is 11.6 Å². The summed E-state index contributed by atoms with van der Waals surface area (Å²) in [6.07, 6.45) is 5.18. The van der Waals surface area contributed by atoms with Crippen LogP contribution in [0.4, 0.5) is 0 Å². The average Bonchev–Trinajstić information content (AvgIpc) is 2.64. The Bertz CT molecular complexity index is 352. The van der Waals surface area contributed by atoms with Crippen molar-refractivity contribution in [3.05, 3.63) is 16.4 Å². The van der Waals surface area contributed by atoms with Crippen LogP contribution >= 0.6 is 11.6 Å². The Morgan fingerprint density at radius 1 is 1.28 bits per heavy atom. The smallest absolute Gasteiger partial charge is 0.0863 e. The number of halogens is 1. The Morgan fingerprint density at radius 2 is 2.00 bits per heavy atom. The topological polar surface area (TPSA) is 50.1 Å². The molecule has 0 amide bonds. The van der Waals surface area contributed by atoms with Crippen molar-refractivity contribution < 1.29 is 5.11 Å². The highest BCUT2D eigenvalue weighted by Gasteiger charge is 2.11. The standard InChI is InChI=1S/C13H24ClN3O/c1-3-11-13(14)12(17(2)16-11)10-15-8-6-4-5-7-9-18/h15,18H,3-10H2,1-2H3. The quantitative estimate of drug-likeness (QED) is 0.679. The van der Waals surface area contributed by atoms with Crippen molar-refractivity contribution in [2.75, 3.05) is 13.2 Å². The van der Waals surface area contributed by atoms with E-state index in [1.807, 2.05) is 11.7 Å². The van der Waals surface area contributed by atoms with Gasteiger partial charge < -0.3 is 10.4 Å². The molecule has 2 N–H and O–H groups in total. The first-order valence-corrected chi connectivity index (χ1v) is 7.10. The molecule has 104 valence electrons. The number of nitrogens with zero attached hydrogens (tertiary/aromatic N) is 2. The van der Waals surface area contributed by atoms with Crippen molar-refractivity contribution in [1.82, 2.24) is 15.1 Å². The first kappa shape index (κ1) is 15.5. The lowest BCUT2D eigenvalue weighted by atomic mass is 10.2. The third-order valence-corrected chi connectivity index (χ3v) is 3.49. The van der Waals surface area contributed by atoms with E-state index in [2.05, 4.69) is 17.3 Å². The van der Waals surface area contributed by atoms with Crippen LogP contribution in [0.2, 0.25) is 5.02 Å². The van der Waals surface area contributed by atoms with Gasteiger partial charge in [0, 0.05) is 20.2 Å². The molecule has 0 bridgehead atoms. The summed E-state index contributed by atoms with van der Waals surface area (Å²) in [4.78, 5) is 0. The molecule has 0 radical (unpaired) electrons. The number of hydrogen-bond acceptors (Lipinski definition) is 3. The van der Waals surface area contributed by atoms with Crippen LogP contribution in [0.5, 0.6) is 0 Å². The molecule has 0 aliphatic rings. The molecule has 0 saturated heterocycles. The Hall–Kier alpha value is -0.580. The summed E-state index contributed by atoms with van der Waals surface area (Å²) in [6.45, 7) is 4.11. The fraction of sp³-hybridized carbons (Fsp3) is 0.769. The summed E-state index contributed by atoms with van der Waals surface area (Å²) in [5, 5.41) is 17.2. The van der Waals surface area contributed by atoms with E-state index in [0.29, 0.717) is 6.61 Å². The molecule has 0 atom stereocenters. The second-order valence-corrected chi connectivity index (χ2v) is 4.88. The summed E-state index contributed by atoms with van der Waals surface area (Å²) in [7, 11) is 1.93. The lowest BCUT2D eigenvalue weighted by molar-refractivity contribution is 0.282. The van der Waals surface area contributed by atoms with Crippen LogP contribution in [-0.2, 0) is 20.0 Å². The second-order valence-electron chi connectivity index (χ2n) is 4.50. The van der Waals surface area contributed by atoms with Crippen LogP contribution in [-0.4, -0.2) is 28.0 Å². The maximum Gasteiger partial charge on any atom is 0.0863 e. The van der Waals surface area contributed by atoms with Crippen LogP contribution in [0, 0.1) is 0 Å². The molecule has 0 aliphatic heterocycles. The number of aromatic nitrogens is 2. The van der Waals surface area contributed by atoms with Gasteiger partial charge in [-0.3, -0.25) is 4.68 Å². The van der Waals surface area contributed by atoms with E-state index in [-0.39, 0.29) is 0 Å². The van der Waals surface area contributed by atoms with Crippen molar-refractivity contribution in [3.63, 3.8) is 0 Å². The van der Waals surface area contributed by atoms with E-state index < -0.39 is 0 Å². The Kier molecular flexibility index (Phi) is 7.32. The van der Waals surface area contributed by atoms with Gasteiger partial charge in [-0.15, -0.1) is 0 Å². The van der Waals surface area contributed by atoms with Gasteiger partial charge in [-0.1, -0.05) is 31.4 Å². The Labute approximate surface area is 114 Å². The van der Waals surface area contributed by atoms with E-state index in [9.17, 15) is 0 Å². The molecule has 5 heteroatoms. The third kappa shape index (κ3) is 4.59. The minimum Gasteiger partial charge on any atom is -0.396 e. The number of unbranched alkanes of at least 4 members (excludes halogenated alkanes) is 3. The van der Waals surface area contributed by atoms with Crippen molar-refractivity contribution in [3.8, 4) is 0 Å². The minimum absolute atomic E-state index is 0.303. The molecule has 0 fully saturated rings. The predicted molar refractivity (Wildman–Crippen MR) is 74.9 cm³/mol. The van der Waals surface area contributed by atoms with Gasteiger partial charge in [0.2, 0.25) is 0 Å². The zero-order valence-corrected chi connectivity index (χ0v) is 12.1. The first-order valence-electron chi connectivity index (χ1n) is 6.72. The molecule has 0 spiro atoms. The summed E-state index contributed by atoms with van der Waals surface area (Å²) < 4.78 is 1.86. The molecule has 1 aromatic rings. The maximum atomic E-state index is 8.66. The molecule has 0 unspecified atom stereocenters. The minimum atomic E-state index is 0.303. The van der Waals surface area contributed by atoms with Crippen LogP contribution in [0.15, 0.2) is 0 Å². The SMILES string of the molecule is CCc1nn(C)c(CNCCCCCCO)c1Cl. The maximum absolute atomic E-state index is 8.66. The lowest BCUT2D eigenvalue weighted by Crippen LogP contribution is -2.17. The van der Waals surface area contributed by atoms with Crippen LogP contribution in [0.1, 0.15) is 44.0 Å². The van der Waals surface area contributed by atoms with E-state index in [1.165, 1.54) is 0 Å². The number of rotatable bonds is 9. The second kappa shape index (κ2) is 8.51. The highest BCUT2D eigenvalue weighted by atomic mass is 35.5. The molecule has 1 rings (SSSR count). The fourth-order valence-electron chi connectivity index (χ4n) is 1.93. The molecule has 0 saturated carbocycles. The fourth-order valence-corrected chi connectivity index (χ4v) is 2.29. The molecule has 0 aromatic carbocycles. The van der Waals surface area contributed by atoms with Crippen molar-refractivity contribution in [1.29, 1.82) is 0 Å². The normalized spacial score (nSPS) is 11.1. The number of nitrogens with one attached hydrogen (secondary N) is 1. The summed E-state index contributed by atoms with van der Waals surface area (Å²) in [5.74, 6) is 0. The molecular weight excluding hydrogens is 250 g/mol. The van der Waals surface area contributed by atoms with Crippen LogP contribution in [0.3, 0.4) is 0 Å². The van der Waals surface area contributed by atoms with Gasteiger partial charge in [0.1, 0.15) is 0 Å². The highest BCUT2D eigenvalue weighted by Crippen LogP contribution is 2.20.